The number of nitrogens with one attached hydrogen (secondary N) is 1. The molecule has 0 aliphatic rings. The molecule has 0 atom stereocenters. The number of anilines is 1. The van der Waals surface area contributed by atoms with Gasteiger partial charge in [0.05, 0.1) is 6.33 Å². The Morgan fingerprint density at radius 3 is 2.57 bits per heavy atom. The Kier molecular flexibility index (Phi) is 4.52. The Hall–Kier alpha value is -2.43. The Morgan fingerprint density at radius 2 is 1.86 bits per heavy atom. The minimum absolute atomic E-state index is 0. The third-order valence-electron chi connectivity index (χ3n) is 3.22. The predicted octanol–water partition coefficient (Wildman–Crippen LogP) is 3.66. The topological polar surface area (TPSA) is 55.6 Å². The molecule has 0 aliphatic carbocycles. The summed E-state index contributed by atoms with van der Waals surface area (Å²) < 4.78 is 2.05. The molecule has 1 aromatic carbocycles. The molecular weight excluding hydrogens is 262 g/mol. The van der Waals surface area contributed by atoms with E-state index in [1.807, 2.05) is 29.1 Å². The first-order chi connectivity index (χ1) is 9.75. The van der Waals surface area contributed by atoms with Crippen LogP contribution in [0.25, 0.3) is 11.2 Å². The average molecular weight is 283 g/mol. The molecule has 0 unspecified atom stereocenters. The number of benzene rings is 1. The number of nitrogens with zero attached hydrogens (tertiary/aromatic N) is 4. The van der Waals surface area contributed by atoms with E-state index in [4.69, 9.17) is 0 Å². The van der Waals surface area contributed by atoms with Gasteiger partial charge in [-0.25, -0.2) is 15.0 Å². The van der Waals surface area contributed by atoms with Gasteiger partial charge >= 0.3 is 0 Å². The normalized spacial score (nSPS) is 10.6. The summed E-state index contributed by atoms with van der Waals surface area (Å²) in [5.41, 5.74) is 2.89. The third-order valence-corrected chi connectivity index (χ3v) is 3.22. The highest BCUT2D eigenvalue weighted by Crippen LogP contribution is 2.20. The van der Waals surface area contributed by atoms with Crippen molar-refractivity contribution in [1.82, 2.24) is 19.5 Å². The van der Waals surface area contributed by atoms with Crippen molar-refractivity contribution in [2.45, 2.75) is 33.9 Å². The van der Waals surface area contributed by atoms with Gasteiger partial charge in [-0.3, -0.25) is 0 Å². The van der Waals surface area contributed by atoms with Crippen LogP contribution in [0.1, 0.15) is 32.9 Å². The van der Waals surface area contributed by atoms with Crippen LogP contribution in [0.5, 0.6) is 0 Å². The van der Waals surface area contributed by atoms with Crippen LogP contribution in [0, 0.1) is 0 Å². The molecule has 0 fully saturated rings. The second-order valence-corrected chi connectivity index (χ2v) is 4.98. The summed E-state index contributed by atoms with van der Waals surface area (Å²) >= 11 is 0. The summed E-state index contributed by atoms with van der Waals surface area (Å²) in [6, 6.07) is 10.6. The molecule has 3 aromatic rings. The van der Waals surface area contributed by atoms with E-state index in [2.05, 4.69) is 46.2 Å². The highest BCUT2D eigenvalue weighted by Gasteiger charge is 2.11. The zero-order valence-corrected chi connectivity index (χ0v) is 11.6. The fourth-order valence-electron chi connectivity index (χ4n) is 2.14. The molecule has 0 saturated carbocycles. The molecule has 0 bridgehead atoms. The number of rotatable bonds is 4. The van der Waals surface area contributed by atoms with Crippen LogP contribution in [-0.4, -0.2) is 19.5 Å². The lowest BCUT2D eigenvalue weighted by Crippen LogP contribution is -2.04. The van der Waals surface area contributed by atoms with E-state index >= 15 is 0 Å². The van der Waals surface area contributed by atoms with Crippen molar-refractivity contribution >= 4 is 17.0 Å². The number of fused-ring (bicyclic) bond motifs is 1. The molecule has 1 N–H and O–H groups in total. The Bertz CT molecular complexity index is 703. The SMILES string of the molecule is C.CC(C)n1cnc2c(NCc3ccccc3)ncnc21. The lowest BCUT2D eigenvalue weighted by atomic mass is 10.2. The lowest BCUT2D eigenvalue weighted by Gasteiger charge is -2.08. The van der Waals surface area contributed by atoms with E-state index in [-0.39, 0.29) is 7.43 Å². The molecule has 110 valence electrons. The van der Waals surface area contributed by atoms with Crippen molar-refractivity contribution in [2.75, 3.05) is 5.32 Å². The summed E-state index contributed by atoms with van der Waals surface area (Å²) in [6.07, 6.45) is 3.40. The van der Waals surface area contributed by atoms with Gasteiger partial charge in [-0.05, 0) is 19.4 Å². The summed E-state index contributed by atoms with van der Waals surface area (Å²) in [7, 11) is 0. The number of imidazole rings is 1. The fraction of sp³-hybridized carbons (Fsp3) is 0.312. The molecule has 0 saturated heterocycles. The molecule has 2 heterocycles. The van der Waals surface area contributed by atoms with E-state index < -0.39 is 0 Å². The summed E-state index contributed by atoms with van der Waals surface area (Å²) in [5.74, 6) is 0.776. The van der Waals surface area contributed by atoms with Crippen LogP contribution >= 0.6 is 0 Å². The fourth-order valence-corrected chi connectivity index (χ4v) is 2.14. The molecule has 2 aromatic heterocycles. The first-order valence-electron chi connectivity index (χ1n) is 6.71. The smallest absolute Gasteiger partial charge is 0.165 e. The van der Waals surface area contributed by atoms with Crippen LogP contribution in [0.15, 0.2) is 43.0 Å². The first kappa shape index (κ1) is 15.0. The van der Waals surface area contributed by atoms with E-state index in [9.17, 15) is 0 Å². The van der Waals surface area contributed by atoms with Crippen LogP contribution < -0.4 is 5.32 Å². The molecule has 5 heteroatoms. The molecule has 21 heavy (non-hydrogen) atoms. The van der Waals surface area contributed by atoms with E-state index in [1.165, 1.54) is 5.56 Å². The van der Waals surface area contributed by atoms with Crippen LogP contribution in [-0.2, 0) is 6.54 Å². The van der Waals surface area contributed by atoms with E-state index in [0.29, 0.717) is 6.04 Å². The molecule has 3 rings (SSSR count). The van der Waals surface area contributed by atoms with Gasteiger partial charge in [0.15, 0.2) is 11.5 Å². The van der Waals surface area contributed by atoms with Gasteiger partial charge in [0.2, 0.25) is 0 Å². The van der Waals surface area contributed by atoms with Crippen molar-refractivity contribution in [3.63, 3.8) is 0 Å². The Labute approximate surface area is 125 Å². The zero-order valence-electron chi connectivity index (χ0n) is 11.6. The van der Waals surface area contributed by atoms with Crippen molar-refractivity contribution in [1.29, 1.82) is 0 Å². The molecule has 0 radical (unpaired) electrons. The second-order valence-electron chi connectivity index (χ2n) is 4.98. The molecule has 0 amide bonds. The van der Waals surface area contributed by atoms with E-state index in [1.54, 1.807) is 6.33 Å². The lowest BCUT2D eigenvalue weighted by molar-refractivity contribution is 0.612. The van der Waals surface area contributed by atoms with E-state index in [0.717, 1.165) is 23.5 Å². The van der Waals surface area contributed by atoms with Gasteiger partial charge in [0.1, 0.15) is 11.8 Å². The standard InChI is InChI=1S/C15H17N5.CH4/c1-11(2)20-10-19-13-14(17-9-18-15(13)20)16-8-12-6-4-3-5-7-12;/h3-7,9-11H,8H2,1-2H3,(H,16,17,18);1H4. The Balaban J connectivity index is 0.00000161. The first-order valence-corrected chi connectivity index (χ1v) is 6.71. The maximum absolute atomic E-state index is 4.43. The Morgan fingerprint density at radius 1 is 1.10 bits per heavy atom. The van der Waals surface area contributed by atoms with Gasteiger partial charge in [0.25, 0.3) is 0 Å². The number of hydrogen-bond acceptors (Lipinski definition) is 4. The maximum Gasteiger partial charge on any atom is 0.165 e. The van der Waals surface area contributed by atoms with Crippen molar-refractivity contribution < 1.29 is 0 Å². The van der Waals surface area contributed by atoms with Crippen LogP contribution in [0.3, 0.4) is 0 Å². The maximum atomic E-state index is 4.43. The van der Waals surface area contributed by atoms with Gasteiger partial charge in [-0.1, -0.05) is 37.8 Å². The van der Waals surface area contributed by atoms with Crippen molar-refractivity contribution in [2.24, 2.45) is 0 Å². The van der Waals surface area contributed by atoms with Gasteiger partial charge < -0.3 is 9.88 Å². The number of aromatic nitrogens is 4. The highest BCUT2D eigenvalue weighted by molar-refractivity contribution is 5.82. The highest BCUT2D eigenvalue weighted by atomic mass is 15.2. The molecule has 0 aliphatic heterocycles. The van der Waals surface area contributed by atoms with Crippen molar-refractivity contribution in [3.05, 3.63) is 48.5 Å². The van der Waals surface area contributed by atoms with Gasteiger partial charge in [0, 0.05) is 12.6 Å². The zero-order chi connectivity index (χ0) is 13.9. The summed E-state index contributed by atoms with van der Waals surface area (Å²) in [6.45, 7) is 4.95. The van der Waals surface area contributed by atoms with Crippen molar-refractivity contribution in [3.8, 4) is 0 Å². The second kappa shape index (κ2) is 6.35. The van der Waals surface area contributed by atoms with Crippen LogP contribution in [0.4, 0.5) is 5.82 Å². The summed E-state index contributed by atoms with van der Waals surface area (Å²) in [5, 5.41) is 3.33. The van der Waals surface area contributed by atoms with Gasteiger partial charge in [-0.2, -0.15) is 0 Å². The largest absolute Gasteiger partial charge is 0.364 e. The quantitative estimate of drug-likeness (QED) is 0.794. The summed E-state index contributed by atoms with van der Waals surface area (Å²) in [4.78, 5) is 13.1. The minimum Gasteiger partial charge on any atom is -0.364 e. The van der Waals surface area contributed by atoms with Gasteiger partial charge in [-0.15, -0.1) is 0 Å². The molecule has 0 spiro atoms. The molecule has 5 nitrogen and oxygen atoms in total. The molecular formula is C16H21N5. The number of hydrogen-bond donors (Lipinski definition) is 1. The monoisotopic (exact) mass is 283 g/mol. The third kappa shape index (κ3) is 3.02. The predicted molar refractivity (Wildman–Crippen MR) is 86.2 cm³/mol. The van der Waals surface area contributed by atoms with Crippen LogP contribution in [0.2, 0.25) is 0 Å². The minimum atomic E-state index is 0. The average Bonchev–Trinajstić information content (AvgIpc) is 2.91.